The molecule has 2 aromatic rings. The molecule has 0 bridgehead atoms. The smallest absolute Gasteiger partial charge is 0.410 e. The summed E-state index contributed by atoms with van der Waals surface area (Å²) in [6.07, 6.45) is 11.9. The second-order valence-electron chi connectivity index (χ2n) is 11.8. The standard InChI is InChI=1S/C31H40N4O4/c1-6-20-10-15-24(25(17-20)38-19-37-7-2)28-26(21-11-12-21)27(22-13-14-22)29(34-33-28)32-23-9-8-16-35(18-23)30(36)39-31(3,4)5/h1,10,15,17,21-23H,7-9,11-14,16,18-19H2,2-5H3,(H,32,34)/t23-/m1/s1. The Morgan fingerprint density at radius 3 is 2.54 bits per heavy atom. The van der Waals surface area contributed by atoms with Crippen molar-refractivity contribution in [3.63, 3.8) is 0 Å². The van der Waals surface area contributed by atoms with Gasteiger partial charge in [0.15, 0.2) is 12.6 Å². The summed E-state index contributed by atoms with van der Waals surface area (Å²) in [4.78, 5) is 14.5. The van der Waals surface area contributed by atoms with Gasteiger partial charge in [0.2, 0.25) is 0 Å². The Labute approximate surface area is 231 Å². The molecule has 0 spiro atoms. The number of amides is 1. The fourth-order valence-electron chi connectivity index (χ4n) is 5.24. The second-order valence-corrected chi connectivity index (χ2v) is 11.8. The maximum Gasteiger partial charge on any atom is 0.410 e. The molecule has 1 aromatic carbocycles. The highest BCUT2D eigenvalue weighted by Gasteiger charge is 2.39. The first-order valence-electron chi connectivity index (χ1n) is 14.2. The van der Waals surface area contributed by atoms with Crippen LogP contribution in [0.5, 0.6) is 5.75 Å². The third kappa shape index (κ3) is 6.65. The number of hydrogen-bond acceptors (Lipinski definition) is 7. The molecule has 1 N–H and O–H groups in total. The molecule has 1 saturated heterocycles. The molecular weight excluding hydrogens is 492 g/mol. The van der Waals surface area contributed by atoms with Gasteiger partial charge in [0.05, 0.1) is 0 Å². The van der Waals surface area contributed by atoms with Crippen LogP contribution < -0.4 is 10.1 Å². The lowest BCUT2D eigenvalue weighted by atomic mass is 9.93. The number of nitrogens with one attached hydrogen (secondary N) is 1. The predicted octanol–water partition coefficient (Wildman–Crippen LogP) is 6.06. The molecule has 1 aromatic heterocycles. The van der Waals surface area contributed by atoms with Crippen LogP contribution >= 0.6 is 0 Å². The zero-order valence-corrected chi connectivity index (χ0v) is 23.6. The van der Waals surface area contributed by atoms with Gasteiger partial charge in [-0.1, -0.05) is 5.92 Å². The topological polar surface area (TPSA) is 85.8 Å². The minimum atomic E-state index is -0.513. The van der Waals surface area contributed by atoms with Crippen LogP contribution in [-0.2, 0) is 9.47 Å². The number of piperidine rings is 1. The Hall–Kier alpha value is -3.31. The highest BCUT2D eigenvalue weighted by molar-refractivity contribution is 5.75. The van der Waals surface area contributed by atoms with E-state index in [2.05, 4.69) is 11.2 Å². The fourth-order valence-corrected chi connectivity index (χ4v) is 5.24. The molecule has 1 amide bonds. The molecule has 208 valence electrons. The summed E-state index contributed by atoms with van der Waals surface area (Å²) in [5, 5.41) is 13.3. The van der Waals surface area contributed by atoms with E-state index in [9.17, 15) is 4.79 Å². The quantitative estimate of drug-likeness (QED) is 0.239. The largest absolute Gasteiger partial charge is 0.467 e. The molecule has 3 aliphatic rings. The zero-order valence-electron chi connectivity index (χ0n) is 23.6. The summed E-state index contributed by atoms with van der Waals surface area (Å²) in [6.45, 7) is 9.64. The minimum absolute atomic E-state index is 0.0935. The van der Waals surface area contributed by atoms with E-state index in [0.717, 1.165) is 61.2 Å². The van der Waals surface area contributed by atoms with Gasteiger partial charge >= 0.3 is 6.09 Å². The van der Waals surface area contributed by atoms with Gasteiger partial charge in [0.25, 0.3) is 0 Å². The van der Waals surface area contributed by atoms with Crippen molar-refractivity contribution in [3.05, 3.63) is 34.9 Å². The lowest BCUT2D eigenvalue weighted by Crippen LogP contribution is -2.47. The molecule has 3 fully saturated rings. The van der Waals surface area contributed by atoms with Crippen LogP contribution in [-0.4, -0.2) is 59.3 Å². The van der Waals surface area contributed by atoms with Crippen LogP contribution in [0, 0.1) is 12.3 Å². The van der Waals surface area contributed by atoms with Gasteiger partial charge in [-0.05, 0) is 102 Å². The van der Waals surface area contributed by atoms with Gasteiger partial charge in [0, 0.05) is 42.4 Å². The third-order valence-electron chi connectivity index (χ3n) is 7.34. The molecule has 5 rings (SSSR count). The summed E-state index contributed by atoms with van der Waals surface area (Å²) in [5.41, 5.74) is 4.57. The van der Waals surface area contributed by atoms with E-state index >= 15 is 0 Å². The molecule has 39 heavy (non-hydrogen) atoms. The average Bonchev–Trinajstić information content (AvgIpc) is 3.81. The van der Waals surface area contributed by atoms with E-state index in [1.165, 1.54) is 11.1 Å². The first kappa shape index (κ1) is 27.3. The summed E-state index contributed by atoms with van der Waals surface area (Å²) in [6, 6.07) is 5.90. The Morgan fingerprint density at radius 1 is 1.13 bits per heavy atom. The number of likely N-dealkylation sites (tertiary alicyclic amines) is 1. The van der Waals surface area contributed by atoms with Crippen molar-refractivity contribution < 1.29 is 19.0 Å². The van der Waals surface area contributed by atoms with Crippen LogP contribution in [0.25, 0.3) is 11.3 Å². The third-order valence-corrected chi connectivity index (χ3v) is 7.34. The highest BCUT2D eigenvalue weighted by atomic mass is 16.7. The molecule has 2 saturated carbocycles. The van der Waals surface area contributed by atoms with Crippen LogP contribution in [0.3, 0.4) is 0 Å². The molecule has 2 aliphatic carbocycles. The SMILES string of the molecule is C#Cc1ccc(-c2nnc(N[C@@H]3CCCN(C(=O)OC(C)(C)C)C3)c(C3CC3)c2C2CC2)c(OCOCC)c1. The maximum absolute atomic E-state index is 12.7. The average molecular weight is 533 g/mol. The van der Waals surface area contributed by atoms with Crippen molar-refractivity contribution >= 4 is 11.9 Å². The summed E-state index contributed by atoms with van der Waals surface area (Å²) >= 11 is 0. The zero-order chi connectivity index (χ0) is 27.6. The van der Waals surface area contributed by atoms with Crippen LogP contribution in [0.4, 0.5) is 10.6 Å². The minimum Gasteiger partial charge on any atom is -0.467 e. The number of rotatable bonds is 9. The molecule has 0 radical (unpaired) electrons. The van der Waals surface area contributed by atoms with Gasteiger partial charge in [0.1, 0.15) is 17.0 Å². The van der Waals surface area contributed by atoms with Gasteiger partial charge in [-0.15, -0.1) is 16.6 Å². The molecule has 1 aliphatic heterocycles. The molecule has 0 unspecified atom stereocenters. The molecule has 1 atom stereocenters. The van der Waals surface area contributed by atoms with Crippen molar-refractivity contribution in [1.82, 2.24) is 15.1 Å². The molecule has 2 heterocycles. The number of aromatic nitrogens is 2. The van der Waals surface area contributed by atoms with Crippen molar-refractivity contribution in [2.45, 2.75) is 89.7 Å². The van der Waals surface area contributed by atoms with Crippen LogP contribution in [0.2, 0.25) is 0 Å². The monoisotopic (exact) mass is 532 g/mol. The Bertz CT molecular complexity index is 1240. The fraction of sp³-hybridized carbons (Fsp3) is 0.581. The first-order valence-corrected chi connectivity index (χ1v) is 14.2. The van der Waals surface area contributed by atoms with E-state index in [1.807, 2.05) is 50.8 Å². The van der Waals surface area contributed by atoms with Crippen molar-refractivity contribution in [3.8, 4) is 29.4 Å². The Kier molecular flexibility index (Phi) is 7.99. The second kappa shape index (κ2) is 11.4. The predicted molar refractivity (Wildman–Crippen MR) is 151 cm³/mol. The number of carbonyl (C=O) groups is 1. The van der Waals surface area contributed by atoms with Crippen molar-refractivity contribution in [2.75, 3.05) is 31.8 Å². The molecule has 8 heteroatoms. The van der Waals surface area contributed by atoms with Crippen molar-refractivity contribution in [2.24, 2.45) is 0 Å². The summed E-state index contributed by atoms with van der Waals surface area (Å²) in [7, 11) is 0. The maximum atomic E-state index is 12.7. The van der Waals surface area contributed by atoms with Crippen LogP contribution in [0.1, 0.15) is 94.7 Å². The Balaban J connectivity index is 1.46. The van der Waals surface area contributed by atoms with E-state index < -0.39 is 5.60 Å². The lowest BCUT2D eigenvalue weighted by molar-refractivity contribution is 0.0205. The van der Waals surface area contributed by atoms with Crippen LogP contribution in [0.15, 0.2) is 18.2 Å². The molecular formula is C31H40N4O4. The van der Waals surface area contributed by atoms with Crippen molar-refractivity contribution in [1.29, 1.82) is 0 Å². The number of ether oxygens (including phenoxy) is 3. The number of terminal acetylenes is 1. The number of hydrogen-bond donors (Lipinski definition) is 1. The number of benzene rings is 1. The van der Waals surface area contributed by atoms with Gasteiger partial charge in [-0.25, -0.2) is 4.79 Å². The van der Waals surface area contributed by atoms with E-state index in [1.54, 1.807) is 0 Å². The van der Waals surface area contributed by atoms with Gasteiger partial charge in [-0.3, -0.25) is 0 Å². The summed E-state index contributed by atoms with van der Waals surface area (Å²) in [5.74, 6) is 5.16. The van der Waals surface area contributed by atoms with E-state index in [0.29, 0.717) is 37.3 Å². The van der Waals surface area contributed by atoms with Gasteiger partial charge < -0.3 is 24.4 Å². The number of carbonyl (C=O) groups excluding carboxylic acids is 1. The normalized spacial score (nSPS) is 19.4. The first-order chi connectivity index (χ1) is 18.8. The Morgan fingerprint density at radius 2 is 1.87 bits per heavy atom. The number of anilines is 1. The summed E-state index contributed by atoms with van der Waals surface area (Å²) < 4.78 is 17.1. The lowest BCUT2D eigenvalue weighted by Gasteiger charge is -2.35. The number of nitrogens with zero attached hydrogens (tertiary/aromatic N) is 3. The van der Waals surface area contributed by atoms with E-state index in [4.69, 9.17) is 30.8 Å². The van der Waals surface area contributed by atoms with Gasteiger partial charge in [-0.2, -0.15) is 0 Å². The molecule has 8 nitrogen and oxygen atoms in total. The van der Waals surface area contributed by atoms with E-state index in [-0.39, 0.29) is 18.9 Å². The highest BCUT2D eigenvalue weighted by Crippen LogP contribution is 2.54.